The molecule has 1 amide bonds. The van der Waals surface area contributed by atoms with Crippen molar-refractivity contribution in [2.24, 2.45) is 5.92 Å². The predicted octanol–water partition coefficient (Wildman–Crippen LogP) is 2.86. The van der Waals surface area contributed by atoms with Crippen LogP contribution in [0.2, 0.25) is 5.15 Å². The number of hydrogen-bond donors (Lipinski definition) is 1. The third-order valence-electron chi connectivity index (χ3n) is 4.08. The molecule has 0 unspecified atom stereocenters. The van der Waals surface area contributed by atoms with Gasteiger partial charge in [0.2, 0.25) is 0 Å². The molecule has 1 N–H and O–H groups in total. The Morgan fingerprint density at radius 2 is 2.29 bits per heavy atom. The quantitative estimate of drug-likeness (QED) is 0.881. The molecule has 2 aromatic heterocycles. The molecule has 0 aliphatic carbocycles. The number of carbonyl (C=O) groups is 1. The summed E-state index contributed by atoms with van der Waals surface area (Å²) in [6.45, 7) is 2.43. The van der Waals surface area contributed by atoms with Crippen LogP contribution in [-0.2, 0) is 4.84 Å². The fourth-order valence-corrected chi connectivity index (χ4v) is 3.87. The highest BCUT2D eigenvalue weighted by Gasteiger charge is 2.22. The number of nitrogens with one attached hydrogen (secondary N) is 1. The summed E-state index contributed by atoms with van der Waals surface area (Å²) in [5, 5.41) is 5.86. The number of pyridine rings is 1. The van der Waals surface area contributed by atoms with Crippen LogP contribution in [0.4, 0.5) is 0 Å². The summed E-state index contributed by atoms with van der Waals surface area (Å²) in [5.74, 6) is 0.298. The monoisotopic (exact) mass is 366 g/mol. The van der Waals surface area contributed by atoms with Gasteiger partial charge < -0.3 is 10.2 Å². The number of carbonyl (C=O) groups excluding carboxylic acids is 1. The smallest absolute Gasteiger partial charge is 0.264 e. The van der Waals surface area contributed by atoms with Gasteiger partial charge in [-0.25, -0.2) is 4.98 Å². The third-order valence-corrected chi connectivity index (χ3v) is 5.57. The van der Waals surface area contributed by atoms with Crippen LogP contribution in [0.25, 0.3) is 10.6 Å². The first-order valence-corrected chi connectivity index (χ1v) is 9.01. The van der Waals surface area contributed by atoms with Gasteiger partial charge in [-0.2, -0.15) is 5.06 Å². The maximum absolute atomic E-state index is 12.4. The van der Waals surface area contributed by atoms with E-state index in [1.54, 1.807) is 19.5 Å². The fourth-order valence-electron chi connectivity index (χ4n) is 2.67. The molecule has 128 valence electrons. The second kappa shape index (κ2) is 8.02. The van der Waals surface area contributed by atoms with Crippen molar-refractivity contribution in [3.8, 4) is 10.6 Å². The van der Waals surface area contributed by atoms with Crippen molar-refractivity contribution < 1.29 is 9.63 Å². The minimum absolute atomic E-state index is 0.165. The molecule has 0 atom stereocenters. The number of nitrogens with zero attached hydrogens (tertiary/aromatic N) is 3. The standard InChI is InChI=1S/C16H19ClN4O2S/c1-23-21-7-4-11(5-8-21)9-19-15(22)13-14(17)20-16(24-13)12-3-2-6-18-10-12/h2-3,6,10-11H,4-5,7-9H2,1H3,(H,19,22). The van der Waals surface area contributed by atoms with Gasteiger partial charge in [-0.1, -0.05) is 11.6 Å². The second-order valence-corrected chi connectivity index (χ2v) is 7.00. The Morgan fingerprint density at radius 3 is 2.96 bits per heavy atom. The molecule has 3 heterocycles. The van der Waals surface area contributed by atoms with Crippen LogP contribution < -0.4 is 5.32 Å². The summed E-state index contributed by atoms with van der Waals surface area (Å²) in [6.07, 6.45) is 5.42. The lowest BCUT2D eigenvalue weighted by Gasteiger charge is -2.29. The van der Waals surface area contributed by atoms with E-state index in [1.165, 1.54) is 11.3 Å². The Hall–Kier alpha value is -1.54. The first-order chi connectivity index (χ1) is 11.7. The molecule has 6 nitrogen and oxygen atoms in total. The Bertz CT molecular complexity index is 687. The highest BCUT2D eigenvalue weighted by molar-refractivity contribution is 7.17. The molecular weight excluding hydrogens is 348 g/mol. The summed E-state index contributed by atoms with van der Waals surface area (Å²) >= 11 is 7.43. The summed E-state index contributed by atoms with van der Waals surface area (Å²) in [7, 11) is 1.69. The normalized spacial score (nSPS) is 16.2. The van der Waals surface area contributed by atoms with Gasteiger partial charge in [0.25, 0.3) is 5.91 Å². The Morgan fingerprint density at radius 1 is 1.50 bits per heavy atom. The van der Waals surface area contributed by atoms with Gasteiger partial charge in [-0.3, -0.25) is 9.78 Å². The molecule has 0 radical (unpaired) electrons. The van der Waals surface area contributed by atoms with E-state index in [0.717, 1.165) is 31.5 Å². The molecule has 0 aromatic carbocycles. The Kier molecular flexibility index (Phi) is 5.78. The highest BCUT2D eigenvalue weighted by atomic mass is 35.5. The summed E-state index contributed by atoms with van der Waals surface area (Å²) < 4.78 is 0. The zero-order chi connectivity index (χ0) is 16.9. The van der Waals surface area contributed by atoms with Crippen molar-refractivity contribution in [3.63, 3.8) is 0 Å². The molecule has 0 spiro atoms. The molecule has 24 heavy (non-hydrogen) atoms. The van der Waals surface area contributed by atoms with Crippen LogP contribution >= 0.6 is 22.9 Å². The van der Waals surface area contributed by atoms with E-state index in [4.69, 9.17) is 16.4 Å². The van der Waals surface area contributed by atoms with Crippen molar-refractivity contribution in [1.29, 1.82) is 0 Å². The van der Waals surface area contributed by atoms with Crippen molar-refractivity contribution in [1.82, 2.24) is 20.3 Å². The van der Waals surface area contributed by atoms with E-state index in [1.807, 2.05) is 17.2 Å². The van der Waals surface area contributed by atoms with E-state index < -0.39 is 0 Å². The van der Waals surface area contributed by atoms with Crippen molar-refractivity contribution in [2.45, 2.75) is 12.8 Å². The first-order valence-electron chi connectivity index (χ1n) is 7.81. The van der Waals surface area contributed by atoms with Crippen LogP contribution in [0, 0.1) is 5.92 Å². The first kappa shape index (κ1) is 17.3. The topological polar surface area (TPSA) is 67.3 Å². The molecule has 0 saturated carbocycles. The number of hydroxylamine groups is 2. The van der Waals surface area contributed by atoms with Gasteiger partial charge in [0.1, 0.15) is 9.88 Å². The Labute approximate surface area is 149 Å². The number of hydrogen-bond acceptors (Lipinski definition) is 6. The maximum Gasteiger partial charge on any atom is 0.264 e. The molecular formula is C16H19ClN4O2S. The second-order valence-electron chi connectivity index (χ2n) is 5.65. The van der Waals surface area contributed by atoms with Crippen molar-refractivity contribution in [3.05, 3.63) is 34.6 Å². The van der Waals surface area contributed by atoms with E-state index in [0.29, 0.717) is 22.3 Å². The molecule has 3 rings (SSSR count). The van der Waals surface area contributed by atoms with Crippen LogP contribution in [0.15, 0.2) is 24.5 Å². The van der Waals surface area contributed by atoms with Crippen LogP contribution in [0.1, 0.15) is 22.5 Å². The zero-order valence-electron chi connectivity index (χ0n) is 13.4. The largest absolute Gasteiger partial charge is 0.351 e. The maximum atomic E-state index is 12.4. The molecule has 1 aliphatic heterocycles. The molecule has 0 bridgehead atoms. The minimum atomic E-state index is -0.165. The lowest BCUT2D eigenvalue weighted by Crippen LogP contribution is -2.38. The number of rotatable bonds is 5. The number of thiazole rings is 1. The Balaban J connectivity index is 1.59. The predicted molar refractivity (Wildman–Crippen MR) is 94.0 cm³/mol. The SMILES string of the molecule is CON1CCC(CNC(=O)c2sc(-c3cccnc3)nc2Cl)CC1. The molecule has 1 fully saturated rings. The summed E-state index contributed by atoms with van der Waals surface area (Å²) in [6, 6.07) is 3.73. The number of aromatic nitrogens is 2. The molecule has 1 saturated heterocycles. The van der Waals surface area contributed by atoms with E-state index in [-0.39, 0.29) is 11.1 Å². The third kappa shape index (κ3) is 4.10. The van der Waals surface area contributed by atoms with Crippen LogP contribution in [0.5, 0.6) is 0 Å². The average molecular weight is 367 g/mol. The summed E-state index contributed by atoms with van der Waals surface area (Å²) in [5.41, 5.74) is 0.857. The molecule has 2 aromatic rings. The van der Waals surface area contributed by atoms with E-state index in [9.17, 15) is 4.79 Å². The van der Waals surface area contributed by atoms with Crippen molar-refractivity contribution in [2.75, 3.05) is 26.7 Å². The molecule has 8 heteroatoms. The summed E-state index contributed by atoms with van der Waals surface area (Å²) in [4.78, 5) is 26.4. The minimum Gasteiger partial charge on any atom is -0.351 e. The van der Waals surface area contributed by atoms with Crippen molar-refractivity contribution >= 4 is 28.8 Å². The van der Waals surface area contributed by atoms with Crippen LogP contribution in [0.3, 0.4) is 0 Å². The number of halogens is 1. The average Bonchev–Trinajstić information content (AvgIpc) is 3.03. The van der Waals surface area contributed by atoms with Gasteiger partial charge >= 0.3 is 0 Å². The van der Waals surface area contributed by atoms with E-state index >= 15 is 0 Å². The van der Waals surface area contributed by atoms with Gasteiger partial charge in [0.05, 0.1) is 7.11 Å². The number of piperidine rings is 1. The highest BCUT2D eigenvalue weighted by Crippen LogP contribution is 2.30. The zero-order valence-corrected chi connectivity index (χ0v) is 14.9. The van der Waals surface area contributed by atoms with Crippen LogP contribution in [-0.4, -0.2) is 47.7 Å². The molecule has 1 aliphatic rings. The fraction of sp³-hybridized carbons (Fsp3) is 0.438. The lowest BCUT2D eigenvalue weighted by molar-refractivity contribution is -0.147. The van der Waals surface area contributed by atoms with E-state index in [2.05, 4.69) is 15.3 Å². The van der Waals surface area contributed by atoms with Gasteiger partial charge in [0, 0.05) is 37.6 Å². The van der Waals surface area contributed by atoms with Gasteiger partial charge in [-0.15, -0.1) is 11.3 Å². The van der Waals surface area contributed by atoms with Gasteiger partial charge in [-0.05, 0) is 30.9 Å². The number of amides is 1. The van der Waals surface area contributed by atoms with Gasteiger partial charge in [0.15, 0.2) is 5.15 Å². The lowest BCUT2D eigenvalue weighted by atomic mass is 9.98.